The fourth-order valence-corrected chi connectivity index (χ4v) is 5.94. The summed E-state index contributed by atoms with van der Waals surface area (Å²) in [7, 11) is 0. The summed E-state index contributed by atoms with van der Waals surface area (Å²) in [5.74, 6) is 0.320. The van der Waals surface area contributed by atoms with E-state index < -0.39 is 0 Å². The molecule has 1 aliphatic heterocycles. The predicted octanol–water partition coefficient (Wildman–Crippen LogP) is 5.00. The van der Waals surface area contributed by atoms with Crippen molar-refractivity contribution in [1.82, 2.24) is 4.90 Å². The number of fused-ring (bicyclic) bond motifs is 3. The zero-order valence-electron chi connectivity index (χ0n) is 14.2. The van der Waals surface area contributed by atoms with Crippen LogP contribution in [-0.4, -0.2) is 10.0 Å². The summed E-state index contributed by atoms with van der Waals surface area (Å²) in [6.45, 7) is 0.778. The van der Waals surface area contributed by atoms with Crippen molar-refractivity contribution in [3.63, 3.8) is 0 Å². The first-order chi connectivity index (χ1) is 13.2. The highest BCUT2D eigenvalue weighted by Crippen LogP contribution is 2.34. The van der Waals surface area contributed by atoms with Gasteiger partial charge < -0.3 is 10.0 Å². The van der Waals surface area contributed by atoms with Crippen LogP contribution >= 0.6 is 38.6 Å². The maximum atomic E-state index is 10.2. The average Bonchev–Trinajstić information content (AvgIpc) is 3.26. The van der Waals surface area contributed by atoms with Gasteiger partial charge in [0.2, 0.25) is 0 Å². The molecule has 3 nitrogen and oxygen atoms in total. The van der Waals surface area contributed by atoms with Gasteiger partial charge in [0.1, 0.15) is 10.4 Å². The van der Waals surface area contributed by atoms with Gasteiger partial charge in [-0.3, -0.25) is 0 Å². The van der Waals surface area contributed by atoms with Crippen LogP contribution in [0.2, 0.25) is 0 Å². The van der Waals surface area contributed by atoms with E-state index in [0.717, 1.165) is 30.3 Å². The van der Waals surface area contributed by atoms with Crippen molar-refractivity contribution in [1.29, 1.82) is 0 Å². The molecule has 0 saturated heterocycles. The number of thiophene rings is 2. The van der Waals surface area contributed by atoms with Gasteiger partial charge in [0, 0.05) is 23.3 Å². The summed E-state index contributed by atoms with van der Waals surface area (Å²) in [5.41, 5.74) is 1.25. The number of nitrogens with zero attached hydrogens (tertiary/aromatic N) is 2. The molecule has 0 amide bonds. The van der Waals surface area contributed by atoms with E-state index in [1.807, 2.05) is 12.1 Å². The number of halogens is 1. The summed E-state index contributed by atoms with van der Waals surface area (Å²) in [5, 5.41) is 12.4. The smallest absolute Gasteiger partial charge is 0.158 e. The van der Waals surface area contributed by atoms with E-state index in [1.54, 1.807) is 28.7 Å². The Bertz CT molecular complexity index is 1250. The molecular weight excluding hydrogens is 440 g/mol. The molecule has 1 atom stereocenters. The second-order valence-electron chi connectivity index (χ2n) is 6.41. The zero-order chi connectivity index (χ0) is 18.4. The van der Waals surface area contributed by atoms with Crippen LogP contribution in [0.25, 0.3) is 16.3 Å². The molecule has 0 radical (unpaired) electrons. The van der Waals surface area contributed by atoms with Crippen LogP contribution in [-0.2, 0) is 6.54 Å². The lowest BCUT2D eigenvalue weighted by Crippen LogP contribution is -2.34. The zero-order valence-corrected chi connectivity index (χ0v) is 17.4. The van der Waals surface area contributed by atoms with Crippen LogP contribution in [0.15, 0.2) is 69.4 Å². The molecule has 0 bridgehead atoms. The minimum Gasteiger partial charge on any atom is -0.506 e. The Morgan fingerprint density at radius 2 is 1.85 bits per heavy atom. The largest absolute Gasteiger partial charge is 0.506 e. The van der Waals surface area contributed by atoms with Crippen LogP contribution in [0.4, 0.5) is 0 Å². The molecule has 2 aromatic heterocycles. The van der Waals surface area contributed by atoms with E-state index in [1.165, 1.54) is 10.4 Å². The lowest BCUT2D eigenvalue weighted by atomic mass is 10.1. The van der Waals surface area contributed by atoms with Crippen LogP contribution in [0, 0.1) is 0 Å². The Labute approximate surface area is 172 Å². The fraction of sp³-hybridized carbons (Fsp3) is 0.0952. The maximum Gasteiger partial charge on any atom is 0.158 e. The van der Waals surface area contributed by atoms with Crippen LogP contribution in [0.5, 0.6) is 5.75 Å². The molecule has 27 heavy (non-hydrogen) atoms. The number of aromatic hydroxyl groups is 1. The third-order valence-corrected chi connectivity index (χ3v) is 7.43. The predicted molar refractivity (Wildman–Crippen MR) is 115 cm³/mol. The van der Waals surface area contributed by atoms with Crippen molar-refractivity contribution < 1.29 is 5.11 Å². The Balaban J connectivity index is 1.70. The van der Waals surface area contributed by atoms with Gasteiger partial charge in [-0.15, -0.1) is 22.7 Å². The molecule has 2 aromatic carbocycles. The molecule has 0 aliphatic carbocycles. The molecule has 3 heterocycles. The molecule has 0 spiro atoms. The molecule has 0 fully saturated rings. The van der Waals surface area contributed by atoms with Gasteiger partial charge in [-0.05, 0) is 39.7 Å². The first kappa shape index (κ1) is 17.0. The van der Waals surface area contributed by atoms with E-state index in [4.69, 9.17) is 4.99 Å². The topological polar surface area (TPSA) is 35.8 Å². The molecule has 5 rings (SSSR count). The van der Waals surface area contributed by atoms with Gasteiger partial charge >= 0.3 is 0 Å². The van der Waals surface area contributed by atoms with Gasteiger partial charge in [0.05, 0.1) is 13.4 Å². The van der Waals surface area contributed by atoms with Crippen molar-refractivity contribution in [2.75, 3.05) is 0 Å². The van der Waals surface area contributed by atoms with Crippen molar-refractivity contribution in [2.24, 2.45) is 4.99 Å². The van der Waals surface area contributed by atoms with Crippen LogP contribution in [0.3, 0.4) is 0 Å². The summed E-state index contributed by atoms with van der Waals surface area (Å²) < 4.78 is 2.98. The standard InChI is InChI=1S/C21H15BrN2OS2/c22-18-10-9-17(26-18)20-23-21-15(14-7-4-8-16(25)19(14)27-21)12-24(20)11-13-5-2-1-3-6-13/h1-10,12,20,25H,11H2. The van der Waals surface area contributed by atoms with Crippen molar-refractivity contribution in [3.8, 4) is 5.75 Å². The molecule has 1 unspecified atom stereocenters. The van der Waals surface area contributed by atoms with Gasteiger partial charge in [0.15, 0.2) is 6.17 Å². The minimum atomic E-state index is -0.0655. The monoisotopic (exact) mass is 454 g/mol. The highest BCUT2D eigenvalue weighted by Gasteiger charge is 2.23. The Kier molecular flexibility index (Phi) is 4.27. The molecule has 4 aromatic rings. The molecule has 6 heteroatoms. The highest BCUT2D eigenvalue weighted by atomic mass is 79.9. The third kappa shape index (κ3) is 3.08. The number of phenolic OH excluding ortho intramolecular Hbond substituents is 1. The van der Waals surface area contributed by atoms with Crippen molar-refractivity contribution in [3.05, 3.63) is 84.8 Å². The minimum absolute atomic E-state index is 0.0655. The second-order valence-corrected chi connectivity index (χ2v) is 9.90. The molecule has 1 N–H and O–H groups in total. The molecule has 1 aliphatic rings. The van der Waals surface area contributed by atoms with Gasteiger partial charge in [-0.1, -0.05) is 42.5 Å². The summed E-state index contributed by atoms with van der Waals surface area (Å²) in [6, 6.07) is 20.3. The van der Waals surface area contributed by atoms with Crippen LogP contribution < -0.4 is 9.89 Å². The normalized spacial score (nSPS) is 16.0. The highest BCUT2D eigenvalue weighted by molar-refractivity contribution is 9.11. The van der Waals surface area contributed by atoms with Gasteiger partial charge in [-0.2, -0.15) is 0 Å². The Hall–Kier alpha value is -2.15. The molecule has 134 valence electrons. The molecule has 0 saturated carbocycles. The van der Waals surface area contributed by atoms with Gasteiger partial charge in [0.25, 0.3) is 0 Å². The maximum absolute atomic E-state index is 10.2. The SMILES string of the molecule is Oc1cccc2c3c(sc12)=NC(c1ccc(Br)s1)N(Cc1ccccc1)C=3. The second kappa shape index (κ2) is 6.78. The lowest BCUT2D eigenvalue weighted by Gasteiger charge is -2.29. The summed E-state index contributed by atoms with van der Waals surface area (Å²) >= 11 is 6.84. The number of hydrogen-bond acceptors (Lipinski definition) is 5. The van der Waals surface area contributed by atoms with Gasteiger partial charge in [-0.25, -0.2) is 4.99 Å². The van der Waals surface area contributed by atoms with E-state index in [2.05, 4.69) is 69.5 Å². The Morgan fingerprint density at radius 1 is 1.00 bits per heavy atom. The lowest BCUT2D eigenvalue weighted by molar-refractivity contribution is 0.305. The van der Waals surface area contributed by atoms with Crippen molar-refractivity contribution >= 4 is 54.9 Å². The Morgan fingerprint density at radius 3 is 2.63 bits per heavy atom. The van der Waals surface area contributed by atoms with E-state index in [-0.39, 0.29) is 6.17 Å². The third-order valence-electron chi connectivity index (χ3n) is 4.62. The first-order valence-corrected chi connectivity index (χ1v) is 11.0. The van der Waals surface area contributed by atoms with Crippen LogP contribution in [0.1, 0.15) is 16.6 Å². The average molecular weight is 455 g/mol. The quantitative estimate of drug-likeness (QED) is 0.472. The number of rotatable bonds is 3. The molecular formula is C21H15BrN2OS2. The number of phenols is 1. The first-order valence-electron chi connectivity index (χ1n) is 8.54. The van der Waals surface area contributed by atoms with Crippen molar-refractivity contribution in [2.45, 2.75) is 12.7 Å². The number of benzene rings is 2. The summed E-state index contributed by atoms with van der Waals surface area (Å²) in [6.07, 6.45) is 2.13. The fourth-order valence-electron chi connectivity index (χ4n) is 3.37. The van der Waals surface area contributed by atoms with E-state index in [9.17, 15) is 5.11 Å². The number of hydrogen-bond donors (Lipinski definition) is 1. The van der Waals surface area contributed by atoms with E-state index in [0.29, 0.717) is 5.75 Å². The summed E-state index contributed by atoms with van der Waals surface area (Å²) in [4.78, 5) is 8.56. The van der Waals surface area contributed by atoms with E-state index >= 15 is 0 Å².